The van der Waals surface area contributed by atoms with E-state index in [0.717, 1.165) is 0 Å². The first kappa shape index (κ1) is 10.6. The van der Waals surface area contributed by atoms with Crippen LogP contribution in [0.2, 0.25) is 0 Å². The van der Waals surface area contributed by atoms with Gasteiger partial charge >= 0.3 is 0 Å². The molecule has 13 heavy (non-hydrogen) atoms. The molecule has 72 valence electrons. The van der Waals surface area contributed by atoms with E-state index >= 15 is 0 Å². The van der Waals surface area contributed by atoms with Crippen molar-refractivity contribution < 1.29 is 9.50 Å². The molecule has 0 spiro atoms. The molecule has 4 heteroatoms. The Labute approximate surface area is 84.9 Å². The van der Waals surface area contributed by atoms with Gasteiger partial charge in [0.05, 0.1) is 10.6 Å². The third kappa shape index (κ3) is 2.76. The molecule has 2 nitrogen and oxygen atoms in total. The number of hydrogen-bond donors (Lipinski definition) is 2. The fraction of sp³-hybridized carbons (Fsp3) is 0.333. The van der Waals surface area contributed by atoms with E-state index in [0.29, 0.717) is 16.6 Å². The molecule has 0 aliphatic heterocycles. The lowest BCUT2D eigenvalue weighted by atomic mass is 10.1. The van der Waals surface area contributed by atoms with E-state index in [1.54, 1.807) is 19.2 Å². The maximum atomic E-state index is 12.8. The second kappa shape index (κ2) is 4.69. The van der Waals surface area contributed by atoms with Crippen LogP contribution in [0.5, 0.6) is 0 Å². The van der Waals surface area contributed by atoms with Crippen molar-refractivity contribution in [2.45, 2.75) is 6.10 Å². The van der Waals surface area contributed by atoms with Crippen LogP contribution in [0.25, 0.3) is 0 Å². The van der Waals surface area contributed by atoms with Gasteiger partial charge in [0.2, 0.25) is 0 Å². The number of rotatable bonds is 3. The SMILES string of the molecule is CNCC(O)c1ccc(F)c(Br)c1. The summed E-state index contributed by atoms with van der Waals surface area (Å²) >= 11 is 3.06. The molecule has 0 amide bonds. The number of hydrogen-bond acceptors (Lipinski definition) is 2. The molecule has 0 radical (unpaired) electrons. The van der Waals surface area contributed by atoms with E-state index < -0.39 is 6.10 Å². The average Bonchev–Trinajstić information content (AvgIpc) is 2.10. The molecule has 0 saturated heterocycles. The highest BCUT2D eigenvalue weighted by atomic mass is 79.9. The lowest BCUT2D eigenvalue weighted by molar-refractivity contribution is 0.177. The van der Waals surface area contributed by atoms with Crippen molar-refractivity contribution in [2.24, 2.45) is 0 Å². The van der Waals surface area contributed by atoms with Gasteiger partial charge in [-0.05, 0) is 40.7 Å². The van der Waals surface area contributed by atoms with Crippen LogP contribution in [-0.2, 0) is 0 Å². The van der Waals surface area contributed by atoms with Crippen LogP contribution in [0.3, 0.4) is 0 Å². The number of halogens is 2. The quantitative estimate of drug-likeness (QED) is 0.855. The molecule has 1 unspecified atom stereocenters. The summed E-state index contributed by atoms with van der Waals surface area (Å²) in [5, 5.41) is 12.4. The lowest BCUT2D eigenvalue weighted by Crippen LogP contribution is -2.16. The van der Waals surface area contributed by atoms with Crippen molar-refractivity contribution in [1.29, 1.82) is 0 Å². The molecule has 2 N–H and O–H groups in total. The Hall–Kier alpha value is -0.450. The summed E-state index contributed by atoms with van der Waals surface area (Å²) in [7, 11) is 1.75. The minimum Gasteiger partial charge on any atom is -0.387 e. The molecule has 0 heterocycles. The van der Waals surface area contributed by atoms with Gasteiger partial charge in [-0.15, -0.1) is 0 Å². The summed E-state index contributed by atoms with van der Waals surface area (Å²) in [4.78, 5) is 0. The van der Waals surface area contributed by atoms with Crippen molar-refractivity contribution in [3.8, 4) is 0 Å². The van der Waals surface area contributed by atoms with Gasteiger partial charge in [-0.3, -0.25) is 0 Å². The molecule has 0 fully saturated rings. The molecular weight excluding hydrogens is 237 g/mol. The molecule has 0 saturated carbocycles. The average molecular weight is 248 g/mol. The highest BCUT2D eigenvalue weighted by Gasteiger charge is 2.08. The second-order valence-electron chi connectivity index (χ2n) is 2.75. The lowest BCUT2D eigenvalue weighted by Gasteiger charge is -2.10. The molecule has 0 aromatic heterocycles. The smallest absolute Gasteiger partial charge is 0.137 e. The van der Waals surface area contributed by atoms with Gasteiger partial charge in [-0.1, -0.05) is 6.07 Å². The first-order chi connectivity index (χ1) is 6.15. The van der Waals surface area contributed by atoms with Gasteiger partial charge in [0.25, 0.3) is 0 Å². The van der Waals surface area contributed by atoms with Crippen molar-refractivity contribution in [3.63, 3.8) is 0 Å². The fourth-order valence-electron chi connectivity index (χ4n) is 1.03. The van der Waals surface area contributed by atoms with Crippen LogP contribution >= 0.6 is 15.9 Å². The van der Waals surface area contributed by atoms with E-state index in [4.69, 9.17) is 0 Å². The van der Waals surface area contributed by atoms with Gasteiger partial charge in [0.1, 0.15) is 5.82 Å². The molecule has 1 atom stereocenters. The zero-order chi connectivity index (χ0) is 9.84. The Morgan fingerprint density at radius 1 is 1.62 bits per heavy atom. The second-order valence-corrected chi connectivity index (χ2v) is 3.60. The third-order valence-electron chi connectivity index (χ3n) is 1.73. The number of likely N-dealkylation sites (N-methyl/N-ethyl adjacent to an activating group) is 1. The first-order valence-corrected chi connectivity index (χ1v) is 4.72. The molecule has 1 aromatic rings. The molecule has 1 rings (SSSR count). The van der Waals surface area contributed by atoms with Crippen LogP contribution in [0.4, 0.5) is 4.39 Å². The van der Waals surface area contributed by atoms with Gasteiger partial charge in [-0.2, -0.15) is 0 Å². The Bertz CT molecular complexity index is 293. The minimum absolute atomic E-state index is 0.319. The molecule has 1 aromatic carbocycles. The van der Waals surface area contributed by atoms with Crippen molar-refractivity contribution >= 4 is 15.9 Å². The standard InChI is InChI=1S/C9H11BrFNO/c1-12-5-9(13)6-2-3-8(11)7(10)4-6/h2-4,9,12-13H,5H2,1H3. The van der Waals surface area contributed by atoms with Crippen LogP contribution < -0.4 is 5.32 Å². The van der Waals surface area contributed by atoms with Gasteiger partial charge < -0.3 is 10.4 Å². The van der Waals surface area contributed by atoms with Crippen molar-refractivity contribution in [3.05, 3.63) is 34.1 Å². The summed E-state index contributed by atoms with van der Waals surface area (Å²) in [5.41, 5.74) is 0.697. The largest absolute Gasteiger partial charge is 0.387 e. The van der Waals surface area contributed by atoms with Crippen molar-refractivity contribution in [2.75, 3.05) is 13.6 Å². The maximum Gasteiger partial charge on any atom is 0.137 e. The zero-order valence-electron chi connectivity index (χ0n) is 7.22. The van der Waals surface area contributed by atoms with Crippen LogP contribution in [0, 0.1) is 5.82 Å². The summed E-state index contributed by atoms with van der Waals surface area (Å²) in [5.74, 6) is -0.319. The number of aliphatic hydroxyl groups excluding tert-OH is 1. The highest BCUT2D eigenvalue weighted by molar-refractivity contribution is 9.10. The Morgan fingerprint density at radius 2 is 2.31 bits per heavy atom. The Balaban J connectivity index is 2.84. The van der Waals surface area contributed by atoms with Crippen LogP contribution in [-0.4, -0.2) is 18.7 Å². The van der Waals surface area contributed by atoms with Crippen LogP contribution in [0.15, 0.2) is 22.7 Å². The summed E-state index contributed by atoms with van der Waals surface area (Å²) in [6.45, 7) is 0.456. The van der Waals surface area contributed by atoms with E-state index in [1.807, 2.05) is 0 Å². The maximum absolute atomic E-state index is 12.8. The van der Waals surface area contributed by atoms with Crippen molar-refractivity contribution in [1.82, 2.24) is 5.32 Å². The monoisotopic (exact) mass is 247 g/mol. The van der Waals surface area contributed by atoms with Gasteiger partial charge in [-0.25, -0.2) is 4.39 Å². The summed E-state index contributed by atoms with van der Waals surface area (Å²) < 4.78 is 13.2. The van der Waals surface area contributed by atoms with E-state index in [2.05, 4.69) is 21.2 Å². The molecule has 0 bridgehead atoms. The third-order valence-corrected chi connectivity index (χ3v) is 2.33. The number of benzene rings is 1. The zero-order valence-corrected chi connectivity index (χ0v) is 8.81. The van der Waals surface area contributed by atoms with Gasteiger partial charge in [0, 0.05) is 6.54 Å². The van der Waals surface area contributed by atoms with Crippen LogP contribution in [0.1, 0.15) is 11.7 Å². The molecular formula is C9H11BrFNO. The summed E-state index contributed by atoms with van der Waals surface area (Å²) in [6, 6.07) is 4.48. The number of nitrogens with one attached hydrogen (secondary N) is 1. The topological polar surface area (TPSA) is 32.3 Å². The van der Waals surface area contributed by atoms with E-state index in [-0.39, 0.29) is 5.82 Å². The normalized spacial score (nSPS) is 12.9. The Kier molecular flexibility index (Phi) is 3.84. The predicted molar refractivity (Wildman–Crippen MR) is 53.0 cm³/mol. The molecule has 0 aliphatic rings. The molecule has 0 aliphatic carbocycles. The minimum atomic E-state index is -0.595. The predicted octanol–water partition coefficient (Wildman–Crippen LogP) is 1.84. The highest BCUT2D eigenvalue weighted by Crippen LogP contribution is 2.20. The Morgan fingerprint density at radius 3 is 2.85 bits per heavy atom. The van der Waals surface area contributed by atoms with Gasteiger partial charge in [0.15, 0.2) is 0 Å². The summed E-state index contributed by atoms with van der Waals surface area (Å²) in [6.07, 6.45) is -0.595. The van der Waals surface area contributed by atoms with E-state index in [9.17, 15) is 9.50 Å². The fourth-order valence-corrected chi connectivity index (χ4v) is 1.43. The van der Waals surface area contributed by atoms with E-state index in [1.165, 1.54) is 6.07 Å². The first-order valence-electron chi connectivity index (χ1n) is 3.92. The number of aliphatic hydroxyl groups is 1.